The van der Waals surface area contributed by atoms with Crippen LogP contribution in [-0.4, -0.2) is 11.2 Å². The van der Waals surface area contributed by atoms with Crippen LogP contribution in [0.15, 0.2) is 48.5 Å². The third-order valence-electron chi connectivity index (χ3n) is 3.61. The molecule has 134 valence electrons. The quantitative estimate of drug-likeness (QED) is 0.687. The van der Waals surface area contributed by atoms with Gasteiger partial charge in [0.15, 0.2) is 0 Å². The topological polar surface area (TPSA) is 29.1 Å². The average molecular weight is 371 g/mol. The molecule has 0 aliphatic heterocycles. The van der Waals surface area contributed by atoms with Crippen LogP contribution in [0.3, 0.4) is 0 Å². The van der Waals surface area contributed by atoms with Gasteiger partial charge in [0.05, 0.1) is 16.5 Å². The first-order valence-electron chi connectivity index (χ1n) is 7.57. The van der Waals surface area contributed by atoms with Crippen molar-refractivity contribution < 1.29 is 22.4 Å². The first-order chi connectivity index (χ1) is 11.7. The molecule has 25 heavy (non-hydrogen) atoms. The predicted octanol–water partition coefficient (Wildman–Crippen LogP) is 5.67. The van der Waals surface area contributed by atoms with Gasteiger partial charge < -0.3 is 5.32 Å². The lowest BCUT2D eigenvalue weighted by Crippen LogP contribution is -2.25. The number of rotatable bonds is 5. The maximum atomic E-state index is 13.8. The zero-order chi connectivity index (χ0) is 18.6. The van der Waals surface area contributed by atoms with E-state index in [1.165, 1.54) is 36.0 Å². The molecule has 0 saturated carbocycles. The third kappa shape index (κ3) is 4.98. The Morgan fingerprint density at radius 1 is 1.04 bits per heavy atom. The van der Waals surface area contributed by atoms with E-state index in [2.05, 4.69) is 5.32 Å². The summed E-state index contributed by atoms with van der Waals surface area (Å²) < 4.78 is 52.7. The van der Waals surface area contributed by atoms with Crippen molar-refractivity contribution in [3.63, 3.8) is 0 Å². The molecule has 0 bridgehead atoms. The van der Waals surface area contributed by atoms with Gasteiger partial charge in [-0.2, -0.15) is 13.2 Å². The lowest BCUT2D eigenvalue weighted by Gasteiger charge is -2.19. The molecule has 1 N–H and O–H groups in total. The lowest BCUT2D eigenvalue weighted by atomic mass is 10.1. The Balaban J connectivity index is 2.08. The number of nitrogens with one attached hydrogen (secondary N) is 1. The molecular weight excluding hydrogens is 354 g/mol. The van der Waals surface area contributed by atoms with Gasteiger partial charge in [0, 0.05) is 10.8 Å². The van der Waals surface area contributed by atoms with E-state index in [0.717, 1.165) is 6.07 Å². The van der Waals surface area contributed by atoms with Gasteiger partial charge in [-0.1, -0.05) is 30.3 Å². The SMILES string of the molecule is CC(SC(C)c1ccccc1F)C(=O)Nc1ccccc1C(F)(F)F. The van der Waals surface area contributed by atoms with Gasteiger partial charge in [-0.05, 0) is 32.0 Å². The molecule has 0 aromatic heterocycles. The number of hydrogen-bond donors (Lipinski definition) is 1. The summed E-state index contributed by atoms with van der Waals surface area (Å²) in [5, 5.41) is 1.34. The molecule has 1 amide bonds. The van der Waals surface area contributed by atoms with Crippen molar-refractivity contribution in [2.45, 2.75) is 30.5 Å². The van der Waals surface area contributed by atoms with Crippen LogP contribution in [0.4, 0.5) is 23.2 Å². The Labute approximate surface area is 147 Å². The van der Waals surface area contributed by atoms with Crippen molar-refractivity contribution in [3.8, 4) is 0 Å². The van der Waals surface area contributed by atoms with Crippen molar-refractivity contribution in [1.29, 1.82) is 0 Å². The van der Waals surface area contributed by atoms with Crippen LogP contribution < -0.4 is 5.32 Å². The molecule has 0 radical (unpaired) electrons. The summed E-state index contributed by atoms with van der Waals surface area (Å²) in [7, 11) is 0. The Bertz CT molecular complexity index is 748. The summed E-state index contributed by atoms with van der Waals surface area (Å²) in [5.74, 6) is -0.942. The lowest BCUT2D eigenvalue weighted by molar-refractivity contribution is -0.137. The van der Waals surface area contributed by atoms with Crippen LogP contribution in [0, 0.1) is 5.82 Å². The highest BCUT2D eigenvalue weighted by atomic mass is 32.2. The van der Waals surface area contributed by atoms with E-state index in [1.807, 2.05) is 0 Å². The number of carbonyl (C=O) groups excluding carboxylic acids is 1. The summed E-state index contributed by atoms with van der Waals surface area (Å²) in [4.78, 5) is 12.3. The molecule has 0 saturated heterocycles. The first kappa shape index (κ1) is 19.3. The number of halogens is 4. The average Bonchev–Trinajstić information content (AvgIpc) is 2.54. The van der Waals surface area contributed by atoms with Crippen LogP contribution in [-0.2, 0) is 11.0 Å². The van der Waals surface area contributed by atoms with Crippen LogP contribution in [0.2, 0.25) is 0 Å². The molecule has 2 unspecified atom stereocenters. The maximum absolute atomic E-state index is 13.8. The van der Waals surface area contributed by atoms with E-state index >= 15 is 0 Å². The monoisotopic (exact) mass is 371 g/mol. The molecule has 0 heterocycles. The Morgan fingerprint density at radius 2 is 1.64 bits per heavy atom. The predicted molar refractivity (Wildman–Crippen MR) is 91.9 cm³/mol. The van der Waals surface area contributed by atoms with E-state index in [9.17, 15) is 22.4 Å². The standard InChI is InChI=1S/C18H17F4NOS/c1-11(13-7-3-5-9-15(13)19)25-12(2)17(24)23-16-10-6-4-8-14(16)18(20,21)22/h3-12H,1-2H3,(H,23,24). The van der Waals surface area contributed by atoms with Gasteiger partial charge in [-0.25, -0.2) is 4.39 Å². The van der Waals surface area contributed by atoms with Crippen molar-refractivity contribution >= 4 is 23.4 Å². The minimum absolute atomic E-state index is 0.286. The van der Waals surface area contributed by atoms with Gasteiger partial charge in [0.2, 0.25) is 5.91 Å². The Morgan fingerprint density at radius 3 is 2.28 bits per heavy atom. The zero-order valence-corrected chi connectivity index (χ0v) is 14.4. The largest absolute Gasteiger partial charge is 0.418 e. The molecule has 2 aromatic rings. The maximum Gasteiger partial charge on any atom is 0.418 e. The van der Waals surface area contributed by atoms with Crippen molar-refractivity contribution in [2.75, 3.05) is 5.32 Å². The highest BCUT2D eigenvalue weighted by Gasteiger charge is 2.34. The summed E-state index contributed by atoms with van der Waals surface area (Å²) in [5.41, 5.74) is -0.739. The molecule has 0 aliphatic carbocycles. The van der Waals surface area contributed by atoms with Crippen LogP contribution in [0.25, 0.3) is 0 Å². The third-order valence-corrected chi connectivity index (χ3v) is 4.90. The van der Waals surface area contributed by atoms with E-state index in [4.69, 9.17) is 0 Å². The Kier molecular flexibility index (Phi) is 6.11. The van der Waals surface area contributed by atoms with Gasteiger partial charge in [0.1, 0.15) is 5.82 Å². The van der Waals surface area contributed by atoms with Gasteiger partial charge in [-0.15, -0.1) is 11.8 Å². The van der Waals surface area contributed by atoms with E-state index in [1.54, 1.807) is 32.0 Å². The number of hydrogen-bond acceptors (Lipinski definition) is 2. The summed E-state index contributed by atoms with van der Waals surface area (Å²) in [6.45, 7) is 3.32. The Hall–Kier alpha value is -2.02. The molecule has 0 spiro atoms. The van der Waals surface area contributed by atoms with E-state index in [-0.39, 0.29) is 16.8 Å². The fourth-order valence-electron chi connectivity index (χ4n) is 2.32. The highest BCUT2D eigenvalue weighted by Crippen LogP contribution is 2.36. The molecule has 2 rings (SSSR count). The van der Waals surface area contributed by atoms with Gasteiger partial charge >= 0.3 is 6.18 Å². The van der Waals surface area contributed by atoms with E-state index in [0.29, 0.717) is 5.56 Å². The second-order valence-corrected chi connectivity index (χ2v) is 7.16. The summed E-state index contributed by atoms with van der Waals surface area (Å²) in [6.07, 6.45) is -4.55. The fraction of sp³-hybridized carbons (Fsp3) is 0.278. The van der Waals surface area contributed by atoms with Crippen molar-refractivity contribution in [2.24, 2.45) is 0 Å². The zero-order valence-electron chi connectivity index (χ0n) is 13.6. The molecular formula is C18H17F4NOS. The minimum atomic E-state index is -4.55. The molecule has 2 aromatic carbocycles. The number of anilines is 1. The number of thioether (sulfide) groups is 1. The fourth-order valence-corrected chi connectivity index (χ4v) is 3.45. The minimum Gasteiger partial charge on any atom is -0.325 e. The molecule has 2 atom stereocenters. The highest BCUT2D eigenvalue weighted by molar-refractivity contribution is 8.00. The normalized spacial score (nSPS) is 14.0. The van der Waals surface area contributed by atoms with Gasteiger partial charge in [-0.3, -0.25) is 4.79 Å². The molecule has 7 heteroatoms. The van der Waals surface area contributed by atoms with Gasteiger partial charge in [0.25, 0.3) is 0 Å². The van der Waals surface area contributed by atoms with E-state index < -0.39 is 22.9 Å². The summed E-state index contributed by atoms with van der Waals surface area (Å²) in [6, 6.07) is 11.0. The van der Waals surface area contributed by atoms with Crippen LogP contribution in [0.1, 0.15) is 30.2 Å². The molecule has 0 aliphatic rings. The molecule has 2 nitrogen and oxygen atoms in total. The van der Waals surface area contributed by atoms with Crippen molar-refractivity contribution in [3.05, 3.63) is 65.5 Å². The number of amides is 1. The smallest absolute Gasteiger partial charge is 0.325 e. The number of alkyl halides is 3. The van der Waals surface area contributed by atoms with Crippen LogP contribution in [0.5, 0.6) is 0 Å². The number of carbonyl (C=O) groups is 1. The second-order valence-electron chi connectivity index (χ2n) is 5.47. The number of para-hydroxylation sites is 1. The number of benzene rings is 2. The van der Waals surface area contributed by atoms with Crippen LogP contribution >= 0.6 is 11.8 Å². The summed E-state index contributed by atoms with van der Waals surface area (Å²) >= 11 is 1.17. The van der Waals surface area contributed by atoms with Crippen molar-refractivity contribution in [1.82, 2.24) is 0 Å². The molecule has 0 fully saturated rings. The first-order valence-corrected chi connectivity index (χ1v) is 8.51. The second kappa shape index (κ2) is 7.91.